The third-order valence-electron chi connectivity index (χ3n) is 5.19. The number of hydrogen-bond donors (Lipinski definition) is 3. The summed E-state index contributed by atoms with van der Waals surface area (Å²) in [6.07, 6.45) is 5.37. The second kappa shape index (κ2) is 7.71. The van der Waals surface area contributed by atoms with Crippen molar-refractivity contribution in [2.75, 3.05) is 16.8 Å². The zero-order chi connectivity index (χ0) is 21.4. The Bertz CT molecular complexity index is 1180. The van der Waals surface area contributed by atoms with Gasteiger partial charge in [-0.1, -0.05) is 30.3 Å². The Morgan fingerprint density at radius 2 is 2.00 bits per heavy atom. The molecule has 1 aliphatic carbocycles. The number of hydrogen-bond acceptors (Lipinski definition) is 7. The summed E-state index contributed by atoms with van der Waals surface area (Å²) in [6, 6.07) is 9.98. The number of imide groups is 1. The number of anilines is 2. The molecule has 2 aromatic heterocycles. The van der Waals surface area contributed by atoms with Crippen LogP contribution in [0.5, 0.6) is 0 Å². The van der Waals surface area contributed by atoms with Crippen LogP contribution in [0.2, 0.25) is 0 Å². The van der Waals surface area contributed by atoms with E-state index in [4.69, 9.17) is 9.97 Å². The van der Waals surface area contributed by atoms with Crippen LogP contribution >= 0.6 is 0 Å². The molecule has 1 saturated carbocycles. The molecule has 3 N–H and O–H groups in total. The molecule has 1 aromatic carbocycles. The normalized spacial score (nSPS) is 17.1. The maximum absolute atomic E-state index is 11.9. The lowest BCUT2D eigenvalue weighted by Crippen LogP contribution is -2.25. The fourth-order valence-electron chi connectivity index (χ4n) is 3.40. The van der Waals surface area contributed by atoms with Crippen molar-refractivity contribution in [3.05, 3.63) is 53.4 Å². The Labute approximate surface area is 178 Å². The van der Waals surface area contributed by atoms with Crippen molar-refractivity contribution in [2.24, 2.45) is 0 Å². The summed E-state index contributed by atoms with van der Waals surface area (Å²) in [5.74, 6) is 0.704. The van der Waals surface area contributed by atoms with Gasteiger partial charge in [-0.05, 0) is 31.4 Å². The molecule has 3 heterocycles. The summed E-state index contributed by atoms with van der Waals surface area (Å²) in [6.45, 7) is 3.44. The van der Waals surface area contributed by atoms with Crippen LogP contribution in [0.3, 0.4) is 0 Å². The van der Waals surface area contributed by atoms with E-state index in [-0.39, 0.29) is 5.70 Å². The second-order valence-corrected chi connectivity index (χ2v) is 7.57. The molecule has 31 heavy (non-hydrogen) atoms. The maximum atomic E-state index is 11.9. The molecule has 158 valence electrons. The molecule has 3 amide bonds. The summed E-state index contributed by atoms with van der Waals surface area (Å²) in [5.41, 5.74) is 2.49. The molecule has 1 aliphatic heterocycles. The molecular weight excluding hydrogens is 396 g/mol. The number of carbonyl (C=O) groups excluding carboxylic acids is 2. The highest BCUT2D eigenvalue weighted by molar-refractivity contribution is 6.14. The number of nitrogens with one attached hydrogen (secondary N) is 3. The lowest BCUT2D eigenvalue weighted by atomic mass is 10.2. The van der Waals surface area contributed by atoms with E-state index in [2.05, 4.69) is 45.0 Å². The third-order valence-corrected chi connectivity index (χ3v) is 5.19. The lowest BCUT2D eigenvalue weighted by molar-refractivity contribution is -0.115. The number of urea groups is 1. The molecular formula is C21H22N8O2. The van der Waals surface area contributed by atoms with E-state index >= 15 is 0 Å². The van der Waals surface area contributed by atoms with Crippen molar-refractivity contribution in [1.82, 2.24) is 30.2 Å². The molecule has 2 aliphatic rings. The minimum Gasteiger partial charge on any atom is -0.351 e. The molecule has 0 bridgehead atoms. The quantitative estimate of drug-likeness (QED) is 0.396. The topological polar surface area (TPSA) is 117 Å². The van der Waals surface area contributed by atoms with E-state index in [0.717, 1.165) is 24.9 Å². The zero-order valence-electron chi connectivity index (χ0n) is 17.0. The highest BCUT2D eigenvalue weighted by Crippen LogP contribution is 2.26. The van der Waals surface area contributed by atoms with E-state index in [1.54, 1.807) is 16.8 Å². The number of amides is 3. The molecule has 0 radical (unpaired) electrons. The number of fused-ring (bicyclic) bond motifs is 1. The van der Waals surface area contributed by atoms with Gasteiger partial charge in [0.05, 0.1) is 6.20 Å². The zero-order valence-corrected chi connectivity index (χ0v) is 17.0. The van der Waals surface area contributed by atoms with Crippen LogP contribution in [0, 0.1) is 0 Å². The van der Waals surface area contributed by atoms with E-state index in [9.17, 15) is 9.59 Å². The highest BCUT2D eigenvalue weighted by atomic mass is 16.2. The standard InChI is InChI=1S/C21H22N8O2/c1-2-28(12-13-6-4-3-5-7-13)19-25-17-14(10-16-18(30)26-21(31)24-16)11-22-29(17)20(27-19)23-15-8-9-15/h3-7,10-11,15H,2,8-9,12H2,1H3,(H,23,25,27)(H2,24,26,30,31)/b16-10-. The molecule has 10 nitrogen and oxygen atoms in total. The van der Waals surface area contributed by atoms with Gasteiger partial charge < -0.3 is 15.5 Å². The van der Waals surface area contributed by atoms with E-state index in [1.807, 2.05) is 18.2 Å². The summed E-state index contributed by atoms with van der Waals surface area (Å²) < 4.78 is 1.64. The average molecular weight is 418 g/mol. The van der Waals surface area contributed by atoms with Gasteiger partial charge in [0, 0.05) is 24.7 Å². The average Bonchev–Trinajstić information content (AvgIpc) is 3.41. The first kappa shape index (κ1) is 19.0. The van der Waals surface area contributed by atoms with Gasteiger partial charge in [-0.2, -0.15) is 19.6 Å². The first-order chi connectivity index (χ1) is 15.1. The van der Waals surface area contributed by atoms with Gasteiger partial charge in [0.1, 0.15) is 5.70 Å². The van der Waals surface area contributed by atoms with Gasteiger partial charge in [-0.25, -0.2) is 4.79 Å². The van der Waals surface area contributed by atoms with E-state index in [0.29, 0.717) is 35.7 Å². The molecule has 0 spiro atoms. The second-order valence-electron chi connectivity index (χ2n) is 7.57. The molecule has 0 atom stereocenters. The number of rotatable bonds is 7. The Morgan fingerprint density at radius 1 is 1.19 bits per heavy atom. The largest absolute Gasteiger partial charge is 0.351 e. The fraction of sp³-hybridized carbons (Fsp3) is 0.286. The lowest BCUT2D eigenvalue weighted by Gasteiger charge is -2.22. The number of benzene rings is 1. The van der Waals surface area contributed by atoms with Gasteiger partial charge in [-0.15, -0.1) is 0 Å². The molecule has 5 rings (SSSR count). The smallest absolute Gasteiger partial charge is 0.326 e. The van der Waals surface area contributed by atoms with Crippen LogP contribution in [0.25, 0.3) is 11.7 Å². The maximum Gasteiger partial charge on any atom is 0.326 e. The van der Waals surface area contributed by atoms with Gasteiger partial charge in [-0.3, -0.25) is 10.1 Å². The summed E-state index contributed by atoms with van der Waals surface area (Å²) in [4.78, 5) is 35.0. The van der Waals surface area contributed by atoms with Crippen LogP contribution in [0.15, 0.2) is 42.2 Å². The van der Waals surface area contributed by atoms with Crippen molar-refractivity contribution < 1.29 is 9.59 Å². The Hall–Kier alpha value is -3.95. The summed E-state index contributed by atoms with van der Waals surface area (Å²) in [7, 11) is 0. The van der Waals surface area contributed by atoms with E-state index in [1.165, 1.54) is 0 Å². The fourth-order valence-corrected chi connectivity index (χ4v) is 3.40. The third kappa shape index (κ3) is 3.91. The highest BCUT2D eigenvalue weighted by Gasteiger charge is 2.26. The van der Waals surface area contributed by atoms with Gasteiger partial charge >= 0.3 is 6.03 Å². The monoisotopic (exact) mass is 418 g/mol. The van der Waals surface area contributed by atoms with Gasteiger partial charge in [0.25, 0.3) is 5.91 Å². The van der Waals surface area contributed by atoms with Crippen molar-refractivity contribution in [1.29, 1.82) is 0 Å². The Kier molecular flexibility index (Phi) is 4.73. The van der Waals surface area contributed by atoms with Gasteiger partial charge in [0.2, 0.25) is 11.9 Å². The van der Waals surface area contributed by atoms with Crippen molar-refractivity contribution in [3.63, 3.8) is 0 Å². The van der Waals surface area contributed by atoms with Crippen LogP contribution in [-0.2, 0) is 11.3 Å². The summed E-state index contributed by atoms with van der Waals surface area (Å²) in [5, 5.41) is 12.5. The molecule has 0 unspecified atom stereocenters. The molecule has 2 fully saturated rings. The van der Waals surface area contributed by atoms with Crippen molar-refractivity contribution in [2.45, 2.75) is 32.4 Å². The Balaban J connectivity index is 1.57. The van der Waals surface area contributed by atoms with Crippen molar-refractivity contribution >= 4 is 35.6 Å². The van der Waals surface area contributed by atoms with Crippen LogP contribution in [0.4, 0.5) is 16.7 Å². The minimum atomic E-state index is -0.542. The Morgan fingerprint density at radius 3 is 2.68 bits per heavy atom. The molecule has 1 saturated heterocycles. The first-order valence-electron chi connectivity index (χ1n) is 10.3. The van der Waals surface area contributed by atoms with Crippen molar-refractivity contribution in [3.8, 4) is 0 Å². The SMILES string of the molecule is CCN(Cc1ccccc1)c1nc(NC2CC2)n2ncc(/C=C3\NC(=O)NC3=O)c2n1. The van der Waals surface area contributed by atoms with Crippen LogP contribution < -0.4 is 20.9 Å². The predicted octanol–water partition coefficient (Wildman–Crippen LogP) is 1.91. The van der Waals surface area contributed by atoms with Crippen LogP contribution in [-0.4, -0.2) is 44.1 Å². The first-order valence-corrected chi connectivity index (χ1v) is 10.3. The molecule has 3 aromatic rings. The minimum absolute atomic E-state index is 0.161. The summed E-state index contributed by atoms with van der Waals surface area (Å²) >= 11 is 0. The van der Waals surface area contributed by atoms with Crippen LogP contribution in [0.1, 0.15) is 30.9 Å². The predicted molar refractivity (Wildman–Crippen MR) is 115 cm³/mol. The number of aromatic nitrogens is 4. The van der Waals surface area contributed by atoms with Gasteiger partial charge in [0.15, 0.2) is 5.65 Å². The number of carbonyl (C=O) groups is 2. The number of nitrogens with zero attached hydrogens (tertiary/aromatic N) is 5. The molecule has 10 heteroatoms. The van der Waals surface area contributed by atoms with E-state index < -0.39 is 11.9 Å².